The van der Waals surface area contributed by atoms with E-state index in [9.17, 15) is 0 Å². The Morgan fingerprint density at radius 1 is 0.290 bits per heavy atom. The van der Waals surface area contributed by atoms with Crippen LogP contribution in [0.1, 0.15) is 174 Å². The SMILES string of the molecule is CCCCCCCCCCCCCCCC[NH2+]CCCCCCCCCCCCC.[Cl-]. The van der Waals surface area contributed by atoms with Gasteiger partial charge in [0.25, 0.3) is 0 Å². The van der Waals surface area contributed by atoms with Crippen molar-refractivity contribution in [1.29, 1.82) is 0 Å². The third kappa shape index (κ3) is 32.5. The maximum Gasteiger partial charge on any atom is 0.0755 e. The van der Waals surface area contributed by atoms with Crippen molar-refractivity contribution in [3.63, 3.8) is 0 Å². The fraction of sp³-hybridized carbons (Fsp3) is 1.00. The number of quaternary nitrogens is 1. The summed E-state index contributed by atoms with van der Waals surface area (Å²) in [4.78, 5) is 0. The Morgan fingerprint density at radius 2 is 0.484 bits per heavy atom. The second-order valence-corrected chi connectivity index (χ2v) is 10.00. The van der Waals surface area contributed by atoms with Gasteiger partial charge in [-0.3, -0.25) is 0 Å². The van der Waals surface area contributed by atoms with Crippen LogP contribution in [0, 0.1) is 0 Å². The molecule has 2 heteroatoms. The lowest BCUT2D eigenvalue weighted by molar-refractivity contribution is -0.655. The summed E-state index contributed by atoms with van der Waals surface area (Å²) < 4.78 is 0. The molecule has 0 rings (SSSR count). The van der Waals surface area contributed by atoms with Crippen molar-refractivity contribution >= 4 is 0 Å². The molecule has 0 bridgehead atoms. The van der Waals surface area contributed by atoms with E-state index in [4.69, 9.17) is 0 Å². The maximum atomic E-state index is 2.58. The van der Waals surface area contributed by atoms with Gasteiger partial charge in [-0.1, -0.05) is 149 Å². The second-order valence-electron chi connectivity index (χ2n) is 10.00. The molecule has 0 spiro atoms. The zero-order valence-corrected chi connectivity index (χ0v) is 22.8. The Morgan fingerprint density at radius 3 is 0.710 bits per heavy atom. The van der Waals surface area contributed by atoms with E-state index in [0.29, 0.717) is 0 Å². The molecular weight excluding hydrogens is 398 g/mol. The highest BCUT2D eigenvalue weighted by molar-refractivity contribution is 4.50. The van der Waals surface area contributed by atoms with Crippen molar-refractivity contribution in [2.45, 2.75) is 174 Å². The summed E-state index contributed by atoms with van der Waals surface area (Å²) in [7, 11) is 0. The molecule has 2 N–H and O–H groups in total. The molecule has 31 heavy (non-hydrogen) atoms. The van der Waals surface area contributed by atoms with Gasteiger partial charge in [-0.2, -0.15) is 0 Å². The first-order valence-corrected chi connectivity index (χ1v) is 14.7. The Hall–Kier alpha value is 0.250. The third-order valence-electron chi connectivity index (χ3n) is 6.77. The van der Waals surface area contributed by atoms with Crippen molar-refractivity contribution < 1.29 is 17.7 Å². The minimum absolute atomic E-state index is 0. The lowest BCUT2D eigenvalue weighted by atomic mass is 10.0. The largest absolute Gasteiger partial charge is 1.00 e. The minimum Gasteiger partial charge on any atom is -1.00 e. The number of halogens is 1. The number of hydrogen-bond acceptors (Lipinski definition) is 0. The van der Waals surface area contributed by atoms with Gasteiger partial charge >= 0.3 is 0 Å². The number of unbranched alkanes of at least 4 members (excludes halogenated alkanes) is 23. The van der Waals surface area contributed by atoms with E-state index in [1.807, 2.05) is 0 Å². The Labute approximate surface area is 205 Å². The summed E-state index contributed by atoms with van der Waals surface area (Å²) in [6.45, 7) is 7.35. The summed E-state index contributed by atoms with van der Waals surface area (Å²) in [5.74, 6) is 0. The topological polar surface area (TPSA) is 16.6 Å². The van der Waals surface area contributed by atoms with Crippen LogP contribution in [-0.4, -0.2) is 13.1 Å². The molecule has 0 fully saturated rings. The Balaban J connectivity index is 0. The molecule has 0 aliphatic heterocycles. The lowest BCUT2D eigenvalue weighted by Gasteiger charge is -2.04. The molecular formula is C29H62ClN. The normalized spacial score (nSPS) is 11.0. The number of rotatable bonds is 27. The highest BCUT2D eigenvalue weighted by atomic mass is 35.5. The first-order valence-electron chi connectivity index (χ1n) is 14.7. The van der Waals surface area contributed by atoms with Crippen LogP contribution in [-0.2, 0) is 0 Å². The first kappa shape index (κ1) is 33.4. The van der Waals surface area contributed by atoms with Crippen LogP contribution < -0.4 is 17.7 Å². The van der Waals surface area contributed by atoms with Crippen LogP contribution in [0.2, 0.25) is 0 Å². The average molecular weight is 460 g/mol. The van der Waals surface area contributed by atoms with E-state index in [1.165, 1.54) is 174 Å². The predicted molar refractivity (Wildman–Crippen MR) is 138 cm³/mol. The highest BCUT2D eigenvalue weighted by Crippen LogP contribution is 2.13. The van der Waals surface area contributed by atoms with Crippen LogP contribution in [0.15, 0.2) is 0 Å². The van der Waals surface area contributed by atoms with E-state index in [2.05, 4.69) is 19.2 Å². The summed E-state index contributed by atoms with van der Waals surface area (Å²) in [5, 5.41) is 2.58. The molecule has 0 aromatic rings. The molecule has 0 saturated heterocycles. The zero-order valence-electron chi connectivity index (χ0n) is 22.0. The van der Waals surface area contributed by atoms with Gasteiger partial charge in [0.1, 0.15) is 0 Å². The van der Waals surface area contributed by atoms with Gasteiger partial charge in [0, 0.05) is 0 Å². The van der Waals surface area contributed by atoms with Crippen molar-refractivity contribution in [3.8, 4) is 0 Å². The fourth-order valence-corrected chi connectivity index (χ4v) is 4.58. The maximum absolute atomic E-state index is 2.58. The number of nitrogens with two attached hydrogens (primary N) is 1. The molecule has 0 aromatic carbocycles. The van der Waals surface area contributed by atoms with Crippen molar-refractivity contribution in [3.05, 3.63) is 0 Å². The second kappa shape index (κ2) is 32.4. The van der Waals surface area contributed by atoms with Gasteiger partial charge in [-0.05, 0) is 25.7 Å². The van der Waals surface area contributed by atoms with Crippen molar-refractivity contribution in [2.24, 2.45) is 0 Å². The smallest absolute Gasteiger partial charge is 0.0755 e. The molecule has 0 amide bonds. The molecule has 0 unspecified atom stereocenters. The summed E-state index contributed by atoms with van der Waals surface area (Å²) in [6, 6.07) is 0. The average Bonchev–Trinajstić information content (AvgIpc) is 2.76. The first-order chi connectivity index (χ1) is 14.9. The molecule has 0 heterocycles. The van der Waals surface area contributed by atoms with Crippen LogP contribution in [0.3, 0.4) is 0 Å². The predicted octanol–water partition coefficient (Wildman–Crippen LogP) is 6.35. The fourth-order valence-electron chi connectivity index (χ4n) is 4.58. The highest BCUT2D eigenvalue weighted by Gasteiger charge is 1.97. The standard InChI is InChI=1S/C29H61N.ClH/c1-3-5-7-9-11-13-15-16-17-19-21-23-25-27-29-30-28-26-24-22-20-18-14-12-10-8-6-4-2;/h30H,3-29H2,1-2H3;1H. The van der Waals surface area contributed by atoms with Crippen LogP contribution in [0.5, 0.6) is 0 Å². The van der Waals surface area contributed by atoms with E-state index in [-0.39, 0.29) is 12.4 Å². The molecule has 190 valence electrons. The Bertz CT molecular complexity index is 254. The molecule has 0 radical (unpaired) electrons. The van der Waals surface area contributed by atoms with E-state index >= 15 is 0 Å². The summed E-state index contributed by atoms with van der Waals surface area (Å²) in [5.41, 5.74) is 0. The molecule has 0 saturated carbocycles. The van der Waals surface area contributed by atoms with Crippen LogP contribution in [0.4, 0.5) is 0 Å². The van der Waals surface area contributed by atoms with Gasteiger partial charge in [0.05, 0.1) is 13.1 Å². The molecule has 0 aliphatic carbocycles. The number of hydrogen-bond donors (Lipinski definition) is 1. The third-order valence-corrected chi connectivity index (χ3v) is 6.77. The van der Waals surface area contributed by atoms with Gasteiger partial charge in [-0.15, -0.1) is 0 Å². The molecule has 0 aromatic heterocycles. The van der Waals surface area contributed by atoms with Crippen molar-refractivity contribution in [1.82, 2.24) is 0 Å². The molecule has 1 nitrogen and oxygen atoms in total. The quantitative estimate of drug-likeness (QED) is 0.138. The summed E-state index contributed by atoms with van der Waals surface area (Å²) in [6.07, 6.45) is 36.6. The van der Waals surface area contributed by atoms with Crippen LogP contribution >= 0.6 is 0 Å². The Kier molecular flexibility index (Phi) is 35.0. The van der Waals surface area contributed by atoms with Crippen molar-refractivity contribution in [2.75, 3.05) is 13.1 Å². The monoisotopic (exact) mass is 459 g/mol. The van der Waals surface area contributed by atoms with E-state index < -0.39 is 0 Å². The van der Waals surface area contributed by atoms with E-state index in [1.54, 1.807) is 0 Å². The molecule has 0 atom stereocenters. The molecule has 0 aliphatic rings. The zero-order chi connectivity index (χ0) is 21.8. The van der Waals surface area contributed by atoms with E-state index in [0.717, 1.165) is 0 Å². The minimum atomic E-state index is 0. The lowest BCUT2D eigenvalue weighted by Crippen LogP contribution is -3.00. The van der Waals surface area contributed by atoms with Gasteiger partial charge in [0.15, 0.2) is 0 Å². The van der Waals surface area contributed by atoms with Gasteiger partial charge < -0.3 is 17.7 Å². The summed E-state index contributed by atoms with van der Waals surface area (Å²) >= 11 is 0. The van der Waals surface area contributed by atoms with Gasteiger partial charge in [-0.25, -0.2) is 0 Å². The van der Waals surface area contributed by atoms with Gasteiger partial charge in [0.2, 0.25) is 0 Å². The van der Waals surface area contributed by atoms with Crippen LogP contribution in [0.25, 0.3) is 0 Å².